The van der Waals surface area contributed by atoms with Gasteiger partial charge in [0.15, 0.2) is 5.78 Å². The molecule has 3 atom stereocenters. The van der Waals surface area contributed by atoms with Gasteiger partial charge in [0.2, 0.25) is 11.8 Å². The van der Waals surface area contributed by atoms with Crippen molar-refractivity contribution in [3.05, 3.63) is 107 Å². The molecule has 4 heterocycles. The quantitative estimate of drug-likeness (QED) is 0.101. The highest BCUT2D eigenvalue weighted by atomic mass is 35.5. The number of para-hydroxylation sites is 1. The summed E-state index contributed by atoms with van der Waals surface area (Å²) in [5.74, 6) is -1.27. The number of ketones is 1. The normalized spacial score (nSPS) is 18.7. The van der Waals surface area contributed by atoms with Crippen molar-refractivity contribution in [1.29, 1.82) is 0 Å². The van der Waals surface area contributed by atoms with E-state index in [1.165, 1.54) is 11.8 Å². The number of H-pyrrole nitrogens is 1. The Labute approximate surface area is 337 Å². The van der Waals surface area contributed by atoms with Crippen LogP contribution in [0.3, 0.4) is 0 Å². The summed E-state index contributed by atoms with van der Waals surface area (Å²) in [5.41, 5.74) is 18.1. The lowest BCUT2D eigenvalue weighted by atomic mass is 9.90. The summed E-state index contributed by atoms with van der Waals surface area (Å²) in [7, 11) is 1.68. The molecule has 11 nitrogen and oxygen atoms in total. The number of nitrogens with zero attached hydrogens (tertiary/aromatic N) is 3. The van der Waals surface area contributed by atoms with Crippen LogP contribution in [0.25, 0.3) is 22.0 Å². The zero-order valence-electron chi connectivity index (χ0n) is 32.0. The van der Waals surface area contributed by atoms with Crippen LogP contribution in [0.4, 0.5) is 0 Å². The standard InChI is InChI=1S/C43H51ClN8O3S/c1-27-33(32-11-3-4-12-36(32)51-27)24-38-41(54)50-26-34-31(28-16-21-47-22-17-28)14-15-35(44)40(34)56-42-30(10-8-20-48-42)25-49-37(13-7-19-46)39(53)23-29(9-5-6-18-45)43(55)52(38)2/h3-4,8,10-12,14-17,20-22,29,37-38,49,51H,5-7,9,13,18-19,23-26,45-46H2,1-2H3,(H,50,54)/t29-,37+,38+/m1/s1. The average Bonchev–Trinajstić information content (AvgIpc) is 3.53. The molecule has 0 unspecified atom stereocenters. The summed E-state index contributed by atoms with van der Waals surface area (Å²) >= 11 is 8.45. The van der Waals surface area contributed by atoms with Gasteiger partial charge in [-0.1, -0.05) is 60.1 Å². The van der Waals surface area contributed by atoms with E-state index >= 15 is 0 Å². The molecule has 7 N–H and O–H groups in total. The second-order valence-corrected chi connectivity index (χ2v) is 15.8. The fraction of sp³-hybridized carbons (Fsp3) is 0.372. The maximum Gasteiger partial charge on any atom is 0.243 e. The molecule has 56 heavy (non-hydrogen) atoms. The topological polar surface area (TPSA) is 172 Å². The van der Waals surface area contributed by atoms with E-state index in [9.17, 15) is 14.4 Å². The largest absolute Gasteiger partial charge is 0.358 e. The van der Waals surface area contributed by atoms with Crippen molar-refractivity contribution < 1.29 is 14.4 Å². The minimum absolute atomic E-state index is 0.0292. The first-order chi connectivity index (χ1) is 27.2. The van der Waals surface area contributed by atoms with Gasteiger partial charge in [0.25, 0.3) is 0 Å². The Balaban J connectivity index is 1.48. The smallest absolute Gasteiger partial charge is 0.243 e. The van der Waals surface area contributed by atoms with Gasteiger partial charge >= 0.3 is 0 Å². The molecule has 6 rings (SSSR count). The van der Waals surface area contributed by atoms with Gasteiger partial charge < -0.3 is 32.0 Å². The van der Waals surface area contributed by atoms with Gasteiger partial charge in [-0.15, -0.1) is 0 Å². The highest BCUT2D eigenvalue weighted by molar-refractivity contribution is 7.99. The summed E-state index contributed by atoms with van der Waals surface area (Å²) < 4.78 is 0. The Morgan fingerprint density at radius 2 is 1.70 bits per heavy atom. The molecule has 0 radical (unpaired) electrons. The van der Waals surface area contributed by atoms with Crippen LogP contribution >= 0.6 is 23.4 Å². The van der Waals surface area contributed by atoms with Crippen LogP contribution < -0.4 is 22.1 Å². The predicted molar refractivity (Wildman–Crippen MR) is 223 cm³/mol. The van der Waals surface area contributed by atoms with E-state index in [0.717, 1.165) is 60.8 Å². The minimum Gasteiger partial charge on any atom is -0.358 e. The number of rotatable bonds is 10. The monoisotopic (exact) mass is 794 g/mol. The molecule has 0 aliphatic carbocycles. The number of aryl methyl sites for hydroxylation is 1. The maximum atomic E-state index is 14.8. The molecule has 0 fully saturated rings. The summed E-state index contributed by atoms with van der Waals surface area (Å²) in [4.78, 5) is 58.4. The average molecular weight is 795 g/mol. The second kappa shape index (κ2) is 19.5. The molecular formula is C43H51ClN8O3S. The molecule has 5 aromatic rings. The molecule has 2 amide bonds. The van der Waals surface area contributed by atoms with E-state index in [1.807, 2.05) is 67.6 Å². The van der Waals surface area contributed by atoms with Crippen molar-refractivity contribution in [2.24, 2.45) is 17.4 Å². The third kappa shape index (κ3) is 9.67. The van der Waals surface area contributed by atoms with Gasteiger partial charge in [-0.3, -0.25) is 19.4 Å². The lowest BCUT2D eigenvalue weighted by Gasteiger charge is -2.31. The molecular weight excluding hydrogens is 744 g/mol. The van der Waals surface area contributed by atoms with E-state index in [4.69, 9.17) is 28.1 Å². The summed E-state index contributed by atoms with van der Waals surface area (Å²) in [6.07, 6.45) is 8.52. The Hall–Kier alpha value is -4.59. The van der Waals surface area contributed by atoms with Gasteiger partial charge in [-0.2, -0.15) is 0 Å². The van der Waals surface area contributed by atoms with Gasteiger partial charge in [0.1, 0.15) is 11.1 Å². The third-order valence-corrected chi connectivity index (χ3v) is 12.3. The number of pyridine rings is 2. The van der Waals surface area contributed by atoms with Crippen molar-refractivity contribution in [3.63, 3.8) is 0 Å². The molecule has 3 aromatic heterocycles. The molecule has 0 spiro atoms. The summed E-state index contributed by atoms with van der Waals surface area (Å²) in [6.45, 7) is 3.39. The fourth-order valence-electron chi connectivity index (χ4n) is 7.53. The second-order valence-electron chi connectivity index (χ2n) is 14.4. The zero-order valence-corrected chi connectivity index (χ0v) is 33.6. The van der Waals surface area contributed by atoms with Crippen LogP contribution in [0.5, 0.6) is 0 Å². The van der Waals surface area contributed by atoms with Crippen LogP contribution in [-0.2, 0) is 33.9 Å². The van der Waals surface area contributed by atoms with Crippen LogP contribution in [0, 0.1) is 12.8 Å². The number of likely N-dealkylation sites (N-methyl/N-ethyl adjacent to an activating group) is 1. The number of nitrogens with one attached hydrogen (secondary N) is 3. The number of unbranched alkanes of at least 4 members (excludes halogenated alkanes) is 1. The van der Waals surface area contributed by atoms with Gasteiger partial charge in [-0.05, 0) is 104 Å². The van der Waals surface area contributed by atoms with E-state index in [2.05, 4.69) is 20.6 Å². The lowest BCUT2D eigenvalue weighted by molar-refractivity contribution is -0.143. The maximum absolute atomic E-state index is 14.8. The number of aromatic nitrogens is 3. The third-order valence-electron chi connectivity index (χ3n) is 10.7. The Morgan fingerprint density at radius 3 is 2.48 bits per heavy atom. The van der Waals surface area contributed by atoms with Crippen LogP contribution in [0.2, 0.25) is 5.02 Å². The number of hydrogen-bond donors (Lipinski definition) is 5. The van der Waals surface area contributed by atoms with Crippen molar-refractivity contribution >= 4 is 51.9 Å². The number of fused-ring (bicyclic) bond motifs is 3. The van der Waals surface area contributed by atoms with E-state index < -0.39 is 18.0 Å². The van der Waals surface area contributed by atoms with Gasteiger partial charge in [0.05, 0.1) is 11.1 Å². The summed E-state index contributed by atoms with van der Waals surface area (Å²) in [5, 5.41) is 8.94. The molecule has 2 aromatic carbocycles. The molecule has 13 heteroatoms. The number of halogens is 1. The van der Waals surface area contributed by atoms with Crippen molar-refractivity contribution in [1.82, 2.24) is 30.5 Å². The lowest BCUT2D eigenvalue weighted by Crippen LogP contribution is -2.51. The van der Waals surface area contributed by atoms with Crippen molar-refractivity contribution in [2.75, 3.05) is 20.1 Å². The molecule has 0 saturated carbocycles. The van der Waals surface area contributed by atoms with E-state index in [0.29, 0.717) is 50.3 Å². The van der Waals surface area contributed by atoms with Gasteiger partial charge in [-0.25, -0.2) is 4.98 Å². The Kier molecular flexibility index (Phi) is 14.3. The molecule has 1 aliphatic rings. The number of benzene rings is 2. The first-order valence-electron chi connectivity index (χ1n) is 19.3. The predicted octanol–water partition coefficient (Wildman–Crippen LogP) is 6.34. The number of hydrogen-bond acceptors (Lipinski definition) is 9. The van der Waals surface area contributed by atoms with E-state index in [-0.39, 0.29) is 37.0 Å². The SMILES string of the molecule is Cc1[nH]c2ccccc2c1C[C@H]1C(=O)NCc2c(-c3ccncc3)ccc(Cl)c2Sc2ncccc2CN[C@@H](CCCN)C(=O)C[C@@H](CCCCN)C(=O)N1C. The zero-order chi connectivity index (χ0) is 39.6. The highest BCUT2D eigenvalue weighted by Gasteiger charge is 2.35. The number of carbonyl (C=O) groups is 3. The van der Waals surface area contributed by atoms with Crippen molar-refractivity contribution in [3.8, 4) is 11.1 Å². The molecule has 0 bridgehead atoms. The Morgan fingerprint density at radius 1 is 0.911 bits per heavy atom. The number of Topliss-reactive ketones (excluding diaryl/α,β-unsaturated/α-hetero) is 1. The first-order valence-corrected chi connectivity index (χ1v) is 20.5. The fourth-order valence-corrected chi connectivity index (χ4v) is 8.87. The highest BCUT2D eigenvalue weighted by Crippen LogP contribution is 2.41. The first kappa shape index (κ1) is 41.1. The number of carbonyl (C=O) groups excluding carboxylic acids is 3. The molecule has 1 aliphatic heterocycles. The van der Waals surface area contributed by atoms with E-state index in [1.54, 1.807) is 30.5 Å². The van der Waals surface area contributed by atoms with Crippen LogP contribution in [-0.4, -0.2) is 69.7 Å². The number of amides is 2. The number of nitrogens with two attached hydrogens (primary N) is 2. The minimum atomic E-state index is -0.892. The molecule has 294 valence electrons. The van der Waals surface area contributed by atoms with Gasteiger partial charge in [0, 0.05) is 79.0 Å². The van der Waals surface area contributed by atoms with Crippen LogP contribution in [0.1, 0.15) is 60.9 Å². The Bertz CT molecular complexity index is 2140. The summed E-state index contributed by atoms with van der Waals surface area (Å²) in [6, 6.07) is 18.0. The van der Waals surface area contributed by atoms with Crippen molar-refractivity contribution in [2.45, 2.75) is 87.0 Å². The number of aromatic amines is 1. The van der Waals surface area contributed by atoms with Crippen LogP contribution in [0.15, 0.2) is 89.2 Å². The molecule has 0 saturated heterocycles.